The molecule has 0 aromatic carbocycles. The Morgan fingerprint density at radius 1 is 1.39 bits per heavy atom. The van der Waals surface area contributed by atoms with Gasteiger partial charge in [0.1, 0.15) is 6.61 Å². The lowest BCUT2D eigenvalue weighted by Gasteiger charge is -2.38. The molecule has 1 saturated heterocycles. The SMILES string of the molecule is CC(C)(C)[Si](C)(C)O[C@@H]1C[C@H](C#CCO)N(O)C1. The maximum atomic E-state index is 9.77. The lowest BCUT2D eigenvalue weighted by Crippen LogP contribution is -2.44. The molecule has 1 rings (SSSR count). The van der Waals surface area contributed by atoms with Gasteiger partial charge in [-0.3, -0.25) is 0 Å². The van der Waals surface area contributed by atoms with Crippen molar-refractivity contribution in [2.75, 3.05) is 13.2 Å². The monoisotopic (exact) mass is 271 g/mol. The predicted octanol–water partition coefficient (Wildman–Crippen LogP) is 1.84. The number of aliphatic hydroxyl groups excluding tert-OH is 1. The first-order chi connectivity index (χ1) is 8.17. The number of aliphatic hydroxyl groups is 1. The summed E-state index contributed by atoms with van der Waals surface area (Å²) < 4.78 is 6.25. The third-order valence-corrected chi connectivity index (χ3v) is 8.39. The van der Waals surface area contributed by atoms with Crippen molar-refractivity contribution >= 4 is 8.32 Å². The highest BCUT2D eigenvalue weighted by Crippen LogP contribution is 2.38. The van der Waals surface area contributed by atoms with Crippen molar-refractivity contribution < 1.29 is 14.7 Å². The van der Waals surface area contributed by atoms with Crippen molar-refractivity contribution in [2.24, 2.45) is 0 Å². The normalized spacial score (nSPS) is 25.9. The molecule has 1 fully saturated rings. The van der Waals surface area contributed by atoms with E-state index in [-0.39, 0.29) is 23.8 Å². The second kappa shape index (κ2) is 5.72. The van der Waals surface area contributed by atoms with Crippen molar-refractivity contribution in [3.05, 3.63) is 0 Å². The van der Waals surface area contributed by atoms with Crippen LogP contribution in [0.25, 0.3) is 0 Å². The molecule has 18 heavy (non-hydrogen) atoms. The molecule has 0 unspecified atom stereocenters. The Labute approximate surface area is 111 Å². The minimum atomic E-state index is -1.80. The van der Waals surface area contributed by atoms with Crippen LogP contribution in [0.15, 0.2) is 0 Å². The number of hydroxylamine groups is 2. The predicted molar refractivity (Wildman–Crippen MR) is 73.8 cm³/mol. The fourth-order valence-corrected chi connectivity index (χ4v) is 3.11. The van der Waals surface area contributed by atoms with Gasteiger partial charge < -0.3 is 14.7 Å². The van der Waals surface area contributed by atoms with Gasteiger partial charge in [0, 0.05) is 6.42 Å². The Hall–Kier alpha value is -0.383. The molecule has 5 heteroatoms. The van der Waals surface area contributed by atoms with Gasteiger partial charge in [-0.1, -0.05) is 32.6 Å². The number of rotatable bonds is 2. The van der Waals surface area contributed by atoms with Gasteiger partial charge in [-0.15, -0.1) is 0 Å². The average Bonchev–Trinajstić information content (AvgIpc) is 2.53. The molecule has 104 valence electrons. The summed E-state index contributed by atoms with van der Waals surface area (Å²) in [6.45, 7) is 11.4. The van der Waals surface area contributed by atoms with E-state index in [1.165, 1.54) is 5.06 Å². The lowest BCUT2D eigenvalue weighted by atomic mass is 10.2. The molecule has 1 heterocycles. The number of hydrogen-bond donors (Lipinski definition) is 2. The molecule has 0 aliphatic carbocycles. The van der Waals surface area contributed by atoms with E-state index in [9.17, 15) is 5.21 Å². The molecule has 1 aliphatic heterocycles. The van der Waals surface area contributed by atoms with Crippen LogP contribution in [0.5, 0.6) is 0 Å². The van der Waals surface area contributed by atoms with Crippen LogP contribution in [0.3, 0.4) is 0 Å². The lowest BCUT2D eigenvalue weighted by molar-refractivity contribution is -0.0922. The summed E-state index contributed by atoms with van der Waals surface area (Å²) in [5.41, 5.74) is 0. The standard InChI is InChI=1S/C13H25NO3Si/c1-13(2,3)18(4,5)17-12-9-11(7-6-8-15)14(16)10-12/h11-12,15-16H,8-10H2,1-5H3/t11-,12+/m0/s1. The summed E-state index contributed by atoms with van der Waals surface area (Å²) in [6.07, 6.45) is 0.740. The van der Waals surface area contributed by atoms with Crippen molar-refractivity contribution in [2.45, 2.75) is 57.5 Å². The molecule has 2 N–H and O–H groups in total. The zero-order valence-electron chi connectivity index (χ0n) is 12.0. The summed E-state index contributed by atoms with van der Waals surface area (Å²) in [6, 6.07) is -0.216. The van der Waals surface area contributed by atoms with Crippen LogP contribution in [-0.2, 0) is 4.43 Å². The molecule has 1 aliphatic rings. The van der Waals surface area contributed by atoms with Gasteiger partial charge in [-0.25, -0.2) is 0 Å². The first-order valence-electron chi connectivity index (χ1n) is 6.40. The van der Waals surface area contributed by atoms with Gasteiger partial charge in [0.15, 0.2) is 8.32 Å². The zero-order valence-corrected chi connectivity index (χ0v) is 13.0. The van der Waals surface area contributed by atoms with Gasteiger partial charge in [0.05, 0.1) is 18.7 Å². The smallest absolute Gasteiger partial charge is 0.192 e. The summed E-state index contributed by atoms with van der Waals surface area (Å²) >= 11 is 0. The molecule has 0 spiro atoms. The van der Waals surface area contributed by atoms with E-state index in [2.05, 4.69) is 45.7 Å². The highest BCUT2D eigenvalue weighted by Gasteiger charge is 2.42. The molecule has 0 amide bonds. The molecule has 4 nitrogen and oxygen atoms in total. The number of hydrogen-bond acceptors (Lipinski definition) is 4. The second-order valence-corrected chi connectivity index (χ2v) is 11.1. The molecule has 0 radical (unpaired) electrons. The van der Waals surface area contributed by atoms with Crippen molar-refractivity contribution in [3.63, 3.8) is 0 Å². The van der Waals surface area contributed by atoms with E-state index in [1.54, 1.807) is 0 Å². The maximum Gasteiger partial charge on any atom is 0.192 e. The topological polar surface area (TPSA) is 52.9 Å². The van der Waals surface area contributed by atoms with Crippen LogP contribution in [0, 0.1) is 11.8 Å². The van der Waals surface area contributed by atoms with Crippen molar-refractivity contribution in [3.8, 4) is 11.8 Å². The minimum Gasteiger partial charge on any atom is -0.412 e. The Morgan fingerprint density at radius 3 is 2.50 bits per heavy atom. The highest BCUT2D eigenvalue weighted by molar-refractivity contribution is 6.74. The summed E-state index contributed by atoms with van der Waals surface area (Å²) in [4.78, 5) is 0. The molecule has 0 aromatic rings. The summed E-state index contributed by atoms with van der Waals surface area (Å²) in [5, 5.41) is 19.8. The largest absolute Gasteiger partial charge is 0.412 e. The van der Waals surface area contributed by atoms with E-state index >= 15 is 0 Å². The summed E-state index contributed by atoms with van der Waals surface area (Å²) in [7, 11) is -1.80. The van der Waals surface area contributed by atoms with Crippen molar-refractivity contribution in [1.82, 2.24) is 5.06 Å². The van der Waals surface area contributed by atoms with Crippen LogP contribution < -0.4 is 0 Å². The first-order valence-corrected chi connectivity index (χ1v) is 9.31. The Kier molecular flexibility index (Phi) is 4.98. The van der Waals surface area contributed by atoms with Gasteiger partial charge in [-0.2, -0.15) is 5.06 Å². The third-order valence-electron chi connectivity index (χ3n) is 3.85. The van der Waals surface area contributed by atoms with Crippen LogP contribution in [-0.4, -0.2) is 49.0 Å². The Bertz CT molecular complexity index is 340. The van der Waals surface area contributed by atoms with E-state index in [0.717, 1.165) is 0 Å². The number of nitrogens with zero attached hydrogens (tertiary/aromatic N) is 1. The van der Waals surface area contributed by atoms with Gasteiger partial charge in [0.2, 0.25) is 0 Å². The van der Waals surface area contributed by atoms with Crippen LogP contribution >= 0.6 is 0 Å². The second-order valence-electron chi connectivity index (χ2n) is 6.35. The van der Waals surface area contributed by atoms with E-state index in [0.29, 0.717) is 13.0 Å². The van der Waals surface area contributed by atoms with Crippen LogP contribution in [0.2, 0.25) is 18.1 Å². The summed E-state index contributed by atoms with van der Waals surface area (Å²) in [5.74, 6) is 5.44. The molecule has 0 saturated carbocycles. The molecule has 0 bridgehead atoms. The molecular formula is C13H25NO3Si. The van der Waals surface area contributed by atoms with Gasteiger partial charge in [0.25, 0.3) is 0 Å². The van der Waals surface area contributed by atoms with Gasteiger partial charge >= 0.3 is 0 Å². The van der Waals surface area contributed by atoms with E-state index in [1.807, 2.05) is 0 Å². The molecular weight excluding hydrogens is 246 g/mol. The van der Waals surface area contributed by atoms with Crippen LogP contribution in [0.4, 0.5) is 0 Å². The van der Waals surface area contributed by atoms with Crippen molar-refractivity contribution in [1.29, 1.82) is 0 Å². The van der Waals surface area contributed by atoms with Crippen LogP contribution in [0.1, 0.15) is 27.2 Å². The average molecular weight is 271 g/mol. The minimum absolute atomic E-state index is 0.0360. The Balaban J connectivity index is 2.62. The fourth-order valence-electron chi connectivity index (χ4n) is 1.76. The molecule has 2 atom stereocenters. The van der Waals surface area contributed by atoms with E-state index < -0.39 is 8.32 Å². The molecule has 0 aromatic heterocycles. The highest BCUT2D eigenvalue weighted by atomic mass is 28.4. The zero-order chi connectivity index (χ0) is 14.0. The third kappa shape index (κ3) is 3.80. The quantitative estimate of drug-likeness (QED) is 0.594. The van der Waals surface area contributed by atoms with Gasteiger partial charge in [-0.05, 0) is 18.1 Å². The Morgan fingerprint density at radius 2 is 2.00 bits per heavy atom. The fraction of sp³-hybridized carbons (Fsp3) is 0.846. The first kappa shape index (κ1) is 15.7. The maximum absolute atomic E-state index is 9.77. The van der Waals surface area contributed by atoms with E-state index in [4.69, 9.17) is 9.53 Å².